The molecule has 0 bridgehead atoms. The zero-order valence-electron chi connectivity index (χ0n) is 15.8. The molecule has 1 aromatic carbocycles. The van der Waals surface area contributed by atoms with E-state index < -0.39 is 58.1 Å². The Bertz CT molecular complexity index is 1040. The molecule has 0 aromatic heterocycles. The monoisotopic (exact) mass is 506 g/mol. The standard InChI is InChI=1S/C16H13F7N4O5S/c17-12(18)31-11-6-8-24-14(27(11)32-13(19)20)25-15(28)26-33(29,30)10-4-2-1-3-9(10)5-7-16(21,22)23/h1-8,12-14H,(H2,25,26,28). The number of alkyl halides is 7. The smallest absolute Gasteiger partial charge is 0.409 e. The molecule has 1 aliphatic rings. The Balaban J connectivity index is 2.20. The number of halogens is 7. The second-order valence-electron chi connectivity index (χ2n) is 5.74. The van der Waals surface area contributed by atoms with Crippen LogP contribution in [0.5, 0.6) is 0 Å². The second-order valence-corrected chi connectivity index (χ2v) is 7.39. The summed E-state index contributed by atoms with van der Waals surface area (Å²) in [5, 5.41) is 1.70. The Labute approximate surface area is 181 Å². The summed E-state index contributed by atoms with van der Waals surface area (Å²) in [5.41, 5.74) is -0.427. The van der Waals surface area contributed by atoms with Crippen molar-refractivity contribution in [2.45, 2.75) is 30.6 Å². The van der Waals surface area contributed by atoms with Crippen LogP contribution in [-0.4, -0.2) is 51.4 Å². The van der Waals surface area contributed by atoms with Crippen molar-refractivity contribution in [1.82, 2.24) is 15.1 Å². The minimum absolute atomic E-state index is 0.0525. The summed E-state index contributed by atoms with van der Waals surface area (Å²) in [5.74, 6) is -0.990. The fraction of sp³-hybridized carbons (Fsp3) is 0.250. The summed E-state index contributed by atoms with van der Waals surface area (Å²) in [6, 6.07) is 2.72. The van der Waals surface area contributed by atoms with Gasteiger partial charge in [0, 0.05) is 18.4 Å². The molecule has 2 N–H and O–H groups in total. The van der Waals surface area contributed by atoms with Crippen molar-refractivity contribution >= 4 is 28.3 Å². The molecular weight excluding hydrogens is 493 g/mol. The third-order valence-electron chi connectivity index (χ3n) is 3.43. The van der Waals surface area contributed by atoms with Gasteiger partial charge in [0.25, 0.3) is 10.0 Å². The first-order chi connectivity index (χ1) is 15.3. The lowest BCUT2D eigenvalue weighted by Crippen LogP contribution is -2.52. The quantitative estimate of drug-likeness (QED) is 0.525. The molecular formula is C16H13F7N4O5S. The number of benzene rings is 1. The highest BCUT2D eigenvalue weighted by Gasteiger charge is 2.32. The highest BCUT2D eigenvalue weighted by atomic mass is 32.2. The van der Waals surface area contributed by atoms with Crippen LogP contribution in [0.3, 0.4) is 0 Å². The van der Waals surface area contributed by atoms with Crippen molar-refractivity contribution < 1.29 is 53.5 Å². The molecule has 2 rings (SSSR count). The highest BCUT2D eigenvalue weighted by molar-refractivity contribution is 7.90. The van der Waals surface area contributed by atoms with Crippen LogP contribution in [0.1, 0.15) is 5.56 Å². The topological polar surface area (TPSA) is 109 Å². The number of ether oxygens (including phenoxy) is 1. The van der Waals surface area contributed by atoms with E-state index in [1.165, 1.54) is 16.9 Å². The van der Waals surface area contributed by atoms with Gasteiger partial charge in [0.15, 0.2) is 0 Å². The maximum atomic E-state index is 12.6. The van der Waals surface area contributed by atoms with Gasteiger partial charge in [-0.15, -0.1) is 0 Å². The molecule has 1 aromatic rings. The third-order valence-corrected chi connectivity index (χ3v) is 4.84. The number of carbonyl (C=O) groups is 1. The number of allylic oxidation sites excluding steroid dienone is 2. The molecule has 9 nitrogen and oxygen atoms in total. The third kappa shape index (κ3) is 7.94. The fourth-order valence-electron chi connectivity index (χ4n) is 2.29. The van der Waals surface area contributed by atoms with Gasteiger partial charge in [-0.2, -0.15) is 40.6 Å². The number of hydroxylamine groups is 2. The minimum Gasteiger partial charge on any atom is -0.417 e. The predicted molar refractivity (Wildman–Crippen MR) is 96.8 cm³/mol. The van der Waals surface area contributed by atoms with Crippen LogP contribution >= 0.6 is 0 Å². The van der Waals surface area contributed by atoms with Gasteiger partial charge in [-0.05, 0) is 17.7 Å². The van der Waals surface area contributed by atoms with Crippen LogP contribution < -0.4 is 10.0 Å². The van der Waals surface area contributed by atoms with Crippen molar-refractivity contribution in [2.24, 2.45) is 4.99 Å². The van der Waals surface area contributed by atoms with Crippen LogP contribution in [0.2, 0.25) is 0 Å². The first kappa shape index (κ1) is 25.9. The molecule has 0 spiro atoms. The molecule has 0 aliphatic carbocycles. The Morgan fingerprint density at radius 3 is 2.42 bits per heavy atom. The van der Waals surface area contributed by atoms with E-state index in [0.717, 1.165) is 18.3 Å². The minimum atomic E-state index is -4.79. The zero-order valence-corrected chi connectivity index (χ0v) is 16.7. The Hall–Kier alpha value is -3.34. The molecule has 0 saturated heterocycles. The van der Waals surface area contributed by atoms with E-state index in [0.29, 0.717) is 12.2 Å². The number of nitrogens with zero attached hydrogens (tertiary/aromatic N) is 2. The maximum Gasteiger partial charge on any atom is 0.409 e. The average molecular weight is 506 g/mol. The number of sulfonamides is 1. The molecule has 182 valence electrons. The average Bonchev–Trinajstić information content (AvgIpc) is 2.67. The summed E-state index contributed by atoms with van der Waals surface area (Å²) in [7, 11) is -4.79. The lowest BCUT2D eigenvalue weighted by atomic mass is 10.2. The number of nitrogens with one attached hydrogen (secondary N) is 2. The summed E-state index contributed by atoms with van der Waals surface area (Å²) in [6.07, 6.45) is -5.03. The maximum absolute atomic E-state index is 12.6. The molecule has 0 radical (unpaired) electrons. The van der Waals surface area contributed by atoms with E-state index in [-0.39, 0.29) is 11.1 Å². The van der Waals surface area contributed by atoms with Gasteiger partial charge in [0.05, 0.1) is 4.90 Å². The van der Waals surface area contributed by atoms with Crippen molar-refractivity contribution in [3.63, 3.8) is 0 Å². The van der Waals surface area contributed by atoms with E-state index in [1.807, 2.05) is 0 Å². The second kappa shape index (κ2) is 10.5. The van der Waals surface area contributed by atoms with Gasteiger partial charge in [0.1, 0.15) is 0 Å². The number of urea groups is 1. The summed E-state index contributed by atoms with van der Waals surface area (Å²) in [4.78, 5) is 18.9. The zero-order chi connectivity index (χ0) is 24.8. The van der Waals surface area contributed by atoms with Crippen LogP contribution in [0, 0.1) is 0 Å². The number of carbonyl (C=O) groups excluding carboxylic acids is 1. The first-order valence-electron chi connectivity index (χ1n) is 8.39. The van der Waals surface area contributed by atoms with Gasteiger partial charge >= 0.3 is 25.4 Å². The van der Waals surface area contributed by atoms with Crippen molar-refractivity contribution in [2.75, 3.05) is 0 Å². The SMILES string of the molecule is O=C(NC1N=CC=C(OC(F)F)N1OC(F)F)NS(=O)(=O)c1ccccc1C=CC(F)(F)F. The first-order valence-corrected chi connectivity index (χ1v) is 9.87. The van der Waals surface area contributed by atoms with Gasteiger partial charge in [-0.25, -0.2) is 22.9 Å². The number of hydrogen-bond acceptors (Lipinski definition) is 7. The van der Waals surface area contributed by atoms with Gasteiger partial charge in [-0.3, -0.25) is 5.32 Å². The van der Waals surface area contributed by atoms with Gasteiger partial charge in [0.2, 0.25) is 12.2 Å². The van der Waals surface area contributed by atoms with Crippen LogP contribution in [0.15, 0.2) is 52.2 Å². The molecule has 0 saturated carbocycles. The largest absolute Gasteiger partial charge is 0.417 e. The highest BCUT2D eigenvalue weighted by Crippen LogP contribution is 2.23. The van der Waals surface area contributed by atoms with Crippen molar-refractivity contribution in [1.29, 1.82) is 0 Å². The van der Waals surface area contributed by atoms with E-state index in [4.69, 9.17) is 0 Å². The number of hydrogen-bond donors (Lipinski definition) is 2. The van der Waals surface area contributed by atoms with Crippen LogP contribution in [0.4, 0.5) is 35.5 Å². The molecule has 0 fully saturated rings. The van der Waals surface area contributed by atoms with E-state index in [2.05, 4.69) is 14.6 Å². The summed E-state index contributed by atoms with van der Waals surface area (Å²) < 4.78 is 118. The van der Waals surface area contributed by atoms with Crippen molar-refractivity contribution in [3.05, 3.63) is 47.9 Å². The normalized spacial score (nSPS) is 16.9. The van der Waals surface area contributed by atoms with Gasteiger partial charge in [-0.1, -0.05) is 18.2 Å². The van der Waals surface area contributed by atoms with E-state index in [9.17, 15) is 43.9 Å². The fourth-order valence-corrected chi connectivity index (χ4v) is 3.40. The lowest BCUT2D eigenvalue weighted by Gasteiger charge is -2.31. The predicted octanol–water partition coefficient (Wildman–Crippen LogP) is 3.15. The summed E-state index contributed by atoms with van der Waals surface area (Å²) >= 11 is 0. The molecule has 1 aliphatic heterocycles. The van der Waals surface area contributed by atoms with Gasteiger partial charge < -0.3 is 4.74 Å². The number of rotatable bonds is 8. The van der Waals surface area contributed by atoms with Crippen LogP contribution in [0.25, 0.3) is 6.08 Å². The van der Waals surface area contributed by atoms with E-state index >= 15 is 0 Å². The van der Waals surface area contributed by atoms with Crippen LogP contribution in [-0.2, 0) is 19.6 Å². The Morgan fingerprint density at radius 2 is 1.82 bits per heavy atom. The number of amides is 2. The molecule has 1 heterocycles. The molecule has 17 heteroatoms. The van der Waals surface area contributed by atoms with Crippen molar-refractivity contribution in [3.8, 4) is 0 Å². The summed E-state index contributed by atoms with van der Waals surface area (Å²) in [6.45, 7) is -7.05. The number of aliphatic imine (C=N–C) groups is 1. The lowest BCUT2D eigenvalue weighted by molar-refractivity contribution is -0.309. The Kier molecular flexibility index (Phi) is 8.26. The molecule has 33 heavy (non-hydrogen) atoms. The molecule has 2 amide bonds. The molecule has 1 unspecified atom stereocenters. The molecule has 1 atom stereocenters. The Morgan fingerprint density at radius 1 is 1.15 bits per heavy atom. The van der Waals surface area contributed by atoms with E-state index in [1.54, 1.807) is 5.32 Å².